The van der Waals surface area contributed by atoms with Gasteiger partial charge in [-0.1, -0.05) is 11.6 Å². The van der Waals surface area contributed by atoms with Gasteiger partial charge in [0.25, 0.3) is 0 Å². The van der Waals surface area contributed by atoms with Crippen molar-refractivity contribution in [2.45, 2.75) is 31.8 Å². The summed E-state index contributed by atoms with van der Waals surface area (Å²) in [7, 11) is 3.77. The van der Waals surface area contributed by atoms with Crippen LogP contribution < -0.4 is 4.74 Å². The monoisotopic (exact) mass is 289 g/mol. The van der Waals surface area contributed by atoms with Crippen LogP contribution in [0.1, 0.15) is 28.8 Å². The number of rotatable bonds is 3. The molecule has 4 nitrogen and oxygen atoms in total. The summed E-state index contributed by atoms with van der Waals surface area (Å²) in [6.07, 6.45) is 1.76. The predicted octanol–water partition coefficient (Wildman–Crippen LogP) is 2.30. The number of carbonyl (C=O) groups is 1. The number of likely N-dealkylation sites (N-methyl/N-ethyl adjacent to an activating group) is 1. The molecule has 0 aromatic heterocycles. The Balaban J connectivity index is 1.84. The molecule has 4 heteroatoms. The molecule has 1 aromatic carbocycles. The fraction of sp³-hybridized carbons (Fsp3) is 0.588. The summed E-state index contributed by atoms with van der Waals surface area (Å²) in [6, 6.07) is 6.55. The van der Waals surface area contributed by atoms with Crippen LogP contribution in [0.3, 0.4) is 0 Å². The van der Waals surface area contributed by atoms with E-state index in [9.17, 15) is 4.79 Å². The third-order valence-electron chi connectivity index (χ3n) is 4.88. The van der Waals surface area contributed by atoms with Crippen LogP contribution in [-0.2, 0) is 4.74 Å². The molecular formula is C17H23NO3. The summed E-state index contributed by atoms with van der Waals surface area (Å²) in [6.45, 7) is 3.48. The molecule has 0 radical (unpaired) electrons. The van der Waals surface area contributed by atoms with E-state index in [-0.39, 0.29) is 11.7 Å². The number of piperidine rings is 1. The third-order valence-corrected chi connectivity index (χ3v) is 4.88. The number of Topliss-reactive ketones (excluding diaryl/α,β-unsaturated/α-hetero) is 1. The van der Waals surface area contributed by atoms with Crippen LogP contribution in [0.4, 0.5) is 0 Å². The van der Waals surface area contributed by atoms with E-state index in [1.807, 2.05) is 25.1 Å². The molecule has 2 aliphatic heterocycles. The average Bonchev–Trinajstić information content (AvgIpc) is 2.46. The first-order valence-electron chi connectivity index (χ1n) is 7.58. The van der Waals surface area contributed by atoms with E-state index in [4.69, 9.17) is 9.47 Å². The van der Waals surface area contributed by atoms with Crippen LogP contribution >= 0.6 is 0 Å². The Morgan fingerprint density at radius 3 is 2.57 bits per heavy atom. The van der Waals surface area contributed by atoms with Crippen LogP contribution in [0.2, 0.25) is 0 Å². The second-order valence-corrected chi connectivity index (χ2v) is 6.25. The molecule has 0 spiro atoms. The molecule has 0 aliphatic carbocycles. The van der Waals surface area contributed by atoms with E-state index in [0.29, 0.717) is 17.8 Å². The highest BCUT2D eigenvalue weighted by molar-refractivity contribution is 6.00. The van der Waals surface area contributed by atoms with Crippen LogP contribution in [0, 0.1) is 12.8 Å². The van der Waals surface area contributed by atoms with E-state index in [1.54, 1.807) is 7.11 Å². The second kappa shape index (κ2) is 5.78. The summed E-state index contributed by atoms with van der Waals surface area (Å²) in [4.78, 5) is 15.3. The SMILES string of the molecule is COc1ccc(C)cc1C(=O)C1CC2COCC(C1)N2C. The number of morpholine rings is 1. The van der Waals surface area contributed by atoms with Crippen molar-refractivity contribution in [2.24, 2.45) is 5.92 Å². The molecule has 3 rings (SSSR count). The van der Waals surface area contributed by atoms with Gasteiger partial charge >= 0.3 is 0 Å². The zero-order valence-electron chi connectivity index (χ0n) is 13.0. The van der Waals surface area contributed by atoms with Crippen LogP contribution in [0.5, 0.6) is 5.75 Å². The van der Waals surface area contributed by atoms with Gasteiger partial charge < -0.3 is 9.47 Å². The minimum Gasteiger partial charge on any atom is -0.496 e. The van der Waals surface area contributed by atoms with Gasteiger partial charge in [0.05, 0.1) is 25.9 Å². The Morgan fingerprint density at radius 1 is 1.29 bits per heavy atom. The number of ether oxygens (including phenoxy) is 2. The fourth-order valence-corrected chi connectivity index (χ4v) is 3.54. The van der Waals surface area contributed by atoms with E-state index < -0.39 is 0 Å². The fourth-order valence-electron chi connectivity index (χ4n) is 3.54. The average molecular weight is 289 g/mol. The van der Waals surface area contributed by atoms with Crippen molar-refractivity contribution in [3.05, 3.63) is 29.3 Å². The van der Waals surface area contributed by atoms with Crippen LogP contribution in [0.25, 0.3) is 0 Å². The standard InChI is InChI=1S/C17H23NO3/c1-11-4-5-16(20-3)15(6-11)17(19)12-7-13-9-21-10-14(8-12)18(13)2/h4-6,12-14H,7-10H2,1-3H3. The Hall–Kier alpha value is -1.39. The molecule has 2 saturated heterocycles. The molecule has 1 aromatic rings. The number of benzene rings is 1. The van der Waals surface area contributed by atoms with Crippen molar-refractivity contribution < 1.29 is 14.3 Å². The Labute approximate surface area is 126 Å². The van der Waals surface area contributed by atoms with Crippen molar-refractivity contribution in [3.8, 4) is 5.75 Å². The lowest BCUT2D eigenvalue weighted by Crippen LogP contribution is -2.55. The van der Waals surface area contributed by atoms with Gasteiger partial charge in [-0.15, -0.1) is 0 Å². The van der Waals surface area contributed by atoms with Gasteiger partial charge in [-0.2, -0.15) is 0 Å². The lowest BCUT2D eigenvalue weighted by atomic mass is 9.80. The summed E-state index contributed by atoms with van der Waals surface area (Å²) >= 11 is 0. The lowest BCUT2D eigenvalue weighted by Gasteiger charge is -2.46. The quantitative estimate of drug-likeness (QED) is 0.800. The first-order valence-corrected chi connectivity index (χ1v) is 7.58. The van der Waals surface area contributed by atoms with Gasteiger partial charge in [-0.25, -0.2) is 0 Å². The molecule has 0 saturated carbocycles. The van der Waals surface area contributed by atoms with Gasteiger partial charge in [0.2, 0.25) is 0 Å². The van der Waals surface area contributed by atoms with Crippen molar-refractivity contribution >= 4 is 5.78 Å². The lowest BCUT2D eigenvalue weighted by molar-refractivity contribution is -0.0702. The Bertz CT molecular complexity index is 529. The van der Waals surface area contributed by atoms with Crippen LogP contribution in [-0.4, -0.2) is 50.1 Å². The number of aryl methyl sites for hydroxylation is 1. The molecule has 0 amide bonds. The van der Waals surface area contributed by atoms with Crippen LogP contribution in [0.15, 0.2) is 18.2 Å². The number of hydrogen-bond donors (Lipinski definition) is 0. The maximum atomic E-state index is 12.9. The number of fused-ring (bicyclic) bond motifs is 2. The maximum absolute atomic E-state index is 12.9. The first-order chi connectivity index (χ1) is 10.1. The molecule has 0 N–H and O–H groups in total. The Kier molecular flexibility index (Phi) is 4.00. The summed E-state index contributed by atoms with van der Waals surface area (Å²) in [5.74, 6) is 0.988. The number of nitrogens with zero attached hydrogens (tertiary/aromatic N) is 1. The Morgan fingerprint density at radius 2 is 1.95 bits per heavy atom. The normalized spacial score (nSPS) is 29.2. The zero-order valence-corrected chi connectivity index (χ0v) is 13.0. The molecule has 2 fully saturated rings. The summed E-state index contributed by atoms with van der Waals surface area (Å²) in [5, 5.41) is 0. The van der Waals surface area contributed by atoms with E-state index in [0.717, 1.165) is 37.2 Å². The van der Waals surface area contributed by atoms with Gasteiger partial charge in [0, 0.05) is 18.0 Å². The molecule has 2 bridgehead atoms. The topological polar surface area (TPSA) is 38.8 Å². The highest BCUT2D eigenvalue weighted by atomic mass is 16.5. The molecule has 2 unspecified atom stereocenters. The van der Waals surface area contributed by atoms with Gasteiger partial charge in [-0.3, -0.25) is 9.69 Å². The van der Waals surface area contributed by atoms with Crippen molar-refractivity contribution in [1.82, 2.24) is 4.90 Å². The van der Waals surface area contributed by atoms with Gasteiger partial charge in [-0.05, 0) is 38.9 Å². The van der Waals surface area contributed by atoms with Gasteiger partial charge in [0.15, 0.2) is 5.78 Å². The smallest absolute Gasteiger partial charge is 0.169 e. The molecule has 2 aliphatic rings. The largest absolute Gasteiger partial charge is 0.496 e. The van der Waals surface area contributed by atoms with E-state index in [1.165, 1.54) is 0 Å². The zero-order chi connectivity index (χ0) is 15.0. The number of hydrogen-bond acceptors (Lipinski definition) is 4. The first kappa shape index (κ1) is 14.5. The summed E-state index contributed by atoms with van der Waals surface area (Å²) < 4.78 is 11.0. The molecule has 2 heterocycles. The predicted molar refractivity (Wildman–Crippen MR) is 80.9 cm³/mol. The molecule has 114 valence electrons. The van der Waals surface area contributed by atoms with Crippen molar-refractivity contribution in [2.75, 3.05) is 27.4 Å². The van der Waals surface area contributed by atoms with Gasteiger partial charge in [0.1, 0.15) is 5.75 Å². The summed E-state index contributed by atoms with van der Waals surface area (Å²) in [5.41, 5.74) is 1.82. The highest BCUT2D eigenvalue weighted by Crippen LogP contribution is 2.34. The van der Waals surface area contributed by atoms with Crippen molar-refractivity contribution in [3.63, 3.8) is 0 Å². The number of carbonyl (C=O) groups excluding carboxylic acids is 1. The molecule has 2 atom stereocenters. The minimum atomic E-state index is 0.0794. The maximum Gasteiger partial charge on any atom is 0.169 e. The molecular weight excluding hydrogens is 266 g/mol. The third kappa shape index (κ3) is 2.70. The number of methoxy groups -OCH3 is 1. The van der Waals surface area contributed by atoms with E-state index in [2.05, 4.69) is 11.9 Å². The second-order valence-electron chi connectivity index (χ2n) is 6.25. The number of ketones is 1. The van der Waals surface area contributed by atoms with Crippen molar-refractivity contribution in [1.29, 1.82) is 0 Å². The van der Waals surface area contributed by atoms with E-state index >= 15 is 0 Å². The highest BCUT2D eigenvalue weighted by Gasteiger charge is 2.40. The molecule has 21 heavy (non-hydrogen) atoms. The minimum absolute atomic E-state index is 0.0794.